The fourth-order valence-electron chi connectivity index (χ4n) is 2.46. The van der Waals surface area contributed by atoms with E-state index in [0.29, 0.717) is 43.6 Å². The molecule has 0 bridgehead atoms. The van der Waals surface area contributed by atoms with Crippen LogP contribution in [0.2, 0.25) is 0 Å². The summed E-state index contributed by atoms with van der Waals surface area (Å²) in [6.07, 6.45) is 2.92. The number of morpholine rings is 1. The molecule has 3 aromatic rings. The van der Waals surface area contributed by atoms with Crippen LogP contribution in [0.5, 0.6) is 0 Å². The average molecular weight is 343 g/mol. The first-order chi connectivity index (χ1) is 11.8. The number of anilines is 1. The second kappa shape index (κ2) is 6.58. The molecule has 0 N–H and O–H groups in total. The van der Waals surface area contributed by atoms with Gasteiger partial charge in [-0.3, -0.25) is 4.98 Å². The van der Waals surface area contributed by atoms with E-state index in [1.54, 1.807) is 6.20 Å². The average Bonchev–Trinajstić information content (AvgIpc) is 3.14. The zero-order valence-electron chi connectivity index (χ0n) is 12.7. The smallest absolute Gasteiger partial charge is 0.183 e. The fraction of sp³-hybridized carbons (Fsp3) is 0.250. The predicted octanol–water partition coefficient (Wildman–Crippen LogP) is 2.64. The summed E-state index contributed by atoms with van der Waals surface area (Å²) in [6.45, 7) is 2.37. The van der Waals surface area contributed by atoms with Gasteiger partial charge in [0.1, 0.15) is 10.7 Å². The van der Waals surface area contributed by atoms with Gasteiger partial charge in [0.2, 0.25) is 0 Å². The third-order valence-corrected chi connectivity index (χ3v) is 4.52. The quantitative estimate of drug-likeness (QED) is 0.728. The lowest BCUT2D eigenvalue weighted by Crippen LogP contribution is -2.37. The van der Waals surface area contributed by atoms with Gasteiger partial charge in [-0.2, -0.15) is 0 Å². The van der Waals surface area contributed by atoms with Crippen molar-refractivity contribution >= 4 is 17.2 Å². The lowest BCUT2D eigenvalue weighted by Gasteiger charge is -2.27. The lowest BCUT2D eigenvalue weighted by molar-refractivity contribution is 0.122. The number of rotatable bonds is 3. The summed E-state index contributed by atoms with van der Waals surface area (Å²) >= 11 is 1.46. The minimum atomic E-state index is -0.430. The first-order valence-corrected chi connectivity index (χ1v) is 8.42. The van der Waals surface area contributed by atoms with Gasteiger partial charge >= 0.3 is 0 Å². The van der Waals surface area contributed by atoms with Crippen molar-refractivity contribution in [2.45, 2.75) is 0 Å². The van der Waals surface area contributed by atoms with Gasteiger partial charge in [-0.15, -0.1) is 11.3 Å². The van der Waals surface area contributed by atoms with Crippen molar-refractivity contribution in [3.63, 3.8) is 0 Å². The summed E-state index contributed by atoms with van der Waals surface area (Å²) < 4.78 is 19.4. The van der Waals surface area contributed by atoms with Crippen LogP contribution in [0.15, 0.2) is 36.0 Å². The summed E-state index contributed by atoms with van der Waals surface area (Å²) in [5.41, 5.74) is 1.42. The van der Waals surface area contributed by atoms with E-state index in [9.17, 15) is 4.39 Å². The van der Waals surface area contributed by atoms with E-state index in [-0.39, 0.29) is 0 Å². The number of thiazole rings is 1. The number of hydrogen-bond acceptors (Lipinski definition) is 7. The summed E-state index contributed by atoms with van der Waals surface area (Å²) in [5, 5.41) is 2.65. The molecule has 1 aliphatic rings. The number of aromatic nitrogens is 4. The van der Waals surface area contributed by atoms with Gasteiger partial charge in [-0.05, 0) is 12.1 Å². The Bertz CT molecular complexity index is 835. The number of hydrogen-bond donors (Lipinski definition) is 0. The molecule has 0 radical (unpaired) electrons. The number of pyridine rings is 1. The van der Waals surface area contributed by atoms with Crippen molar-refractivity contribution in [1.29, 1.82) is 0 Å². The molecule has 0 saturated carbocycles. The van der Waals surface area contributed by atoms with E-state index in [2.05, 4.69) is 19.9 Å². The molecule has 6 nitrogen and oxygen atoms in total. The zero-order valence-corrected chi connectivity index (χ0v) is 13.5. The van der Waals surface area contributed by atoms with E-state index < -0.39 is 5.82 Å². The first kappa shape index (κ1) is 15.1. The van der Waals surface area contributed by atoms with Gasteiger partial charge in [0.15, 0.2) is 17.5 Å². The lowest BCUT2D eigenvalue weighted by atomic mass is 10.3. The van der Waals surface area contributed by atoms with Crippen LogP contribution in [0.1, 0.15) is 0 Å². The molecule has 4 rings (SSSR count). The molecule has 0 atom stereocenters. The SMILES string of the molecule is Fc1cnc(-c2csc(-c3ccccn3)n2)nc1N1CCOCC1. The summed E-state index contributed by atoms with van der Waals surface area (Å²) in [7, 11) is 0. The van der Waals surface area contributed by atoms with Crippen LogP contribution in [-0.2, 0) is 4.74 Å². The van der Waals surface area contributed by atoms with Crippen LogP contribution < -0.4 is 4.90 Å². The Balaban J connectivity index is 1.66. The van der Waals surface area contributed by atoms with Gasteiger partial charge in [-0.25, -0.2) is 19.3 Å². The minimum absolute atomic E-state index is 0.302. The van der Waals surface area contributed by atoms with E-state index in [4.69, 9.17) is 4.74 Å². The summed E-state index contributed by atoms with van der Waals surface area (Å²) in [5.74, 6) is 0.285. The van der Waals surface area contributed by atoms with Crippen LogP contribution in [0.25, 0.3) is 22.2 Å². The molecule has 122 valence electrons. The molecule has 0 spiro atoms. The second-order valence-electron chi connectivity index (χ2n) is 5.22. The molecular weight excluding hydrogens is 329 g/mol. The highest BCUT2D eigenvalue weighted by Crippen LogP contribution is 2.27. The van der Waals surface area contributed by atoms with Crippen LogP contribution >= 0.6 is 11.3 Å². The third kappa shape index (κ3) is 2.98. The van der Waals surface area contributed by atoms with Crippen LogP contribution in [0.4, 0.5) is 10.2 Å². The molecule has 1 aliphatic heterocycles. The Labute approximate surface area is 142 Å². The van der Waals surface area contributed by atoms with Crippen molar-refractivity contribution in [3.8, 4) is 22.2 Å². The highest BCUT2D eigenvalue weighted by Gasteiger charge is 2.19. The molecule has 8 heteroatoms. The van der Waals surface area contributed by atoms with Gasteiger partial charge in [0, 0.05) is 24.7 Å². The number of nitrogens with zero attached hydrogens (tertiary/aromatic N) is 5. The van der Waals surface area contributed by atoms with E-state index in [1.807, 2.05) is 28.5 Å². The van der Waals surface area contributed by atoms with Gasteiger partial charge in [0.25, 0.3) is 0 Å². The Kier molecular flexibility index (Phi) is 4.14. The maximum Gasteiger partial charge on any atom is 0.183 e. The van der Waals surface area contributed by atoms with Crippen molar-refractivity contribution in [2.24, 2.45) is 0 Å². The molecule has 1 saturated heterocycles. The molecule has 0 unspecified atom stereocenters. The Morgan fingerprint density at radius 2 is 1.96 bits per heavy atom. The molecule has 1 fully saturated rings. The van der Waals surface area contributed by atoms with Crippen LogP contribution in [-0.4, -0.2) is 46.2 Å². The maximum absolute atomic E-state index is 14.1. The van der Waals surface area contributed by atoms with Crippen molar-refractivity contribution < 1.29 is 9.13 Å². The number of halogens is 1. The Hall–Kier alpha value is -2.45. The largest absolute Gasteiger partial charge is 0.378 e. The fourth-order valence-corrected chi connectivity index (χ4v) is 3.24. The Morgan fingerprint density at radius 1 is 1.08 bits per heavy atom. The van der Waals surface area contributed by atoms with Crippen molar-refractivity contribution in [2.75, 3.05) is 31.2 Å². The minimum Gasteiger partial charge on any atom is -0.378 e. The van der Waals surface area contributed by atoms with Crippen molar-refractivity contribution in [1.82, 2.24) is 19.9 Å². The molecular formula is C16H14FN5OS. The van der Waals surface area contributed by atoms with Crippen LogP contribution in [0.3, 0.4) is 0 Å². The van der Waals surface area contributed by atoms with E-state index in [0.717, 1.165) is 10.7 Å². The second-order valence-corrected chi connectivity index (χ2v) is 6.08. The highest BCUT2D eigenvalue weighted by atomic mass is 32.1. The molecule has 0 amide bonds. The van der Waals surface area contributed by atoms with Crippen LogP contribution in [0, 0.1) is 5.82 Å². The Morgan fingerprint density at radius 3 is 2.75 bits per heavy atom. The molecule has 24 heavy (non-hydrogen) atoms. The monoisotopic (exact) mass is 343 g/mol. The van der Waals surface area contributed by atoms with Gasteiger partial charge in [-0.1, -0.05) is 6.07 Å². The predicted molar refractivity (Wildman–Crippen MR) is 89.4 cm³/mol. The molecule has 4 heterocycles. The molecule has 0 aromatic carbocycles. The van der Waals surface area contributed by atoms with Gasteiger partial charge < -0.3 is 9.64 Å². The topological polar surface area (TPSA) is 64.0 Å². The standard InChI is InChI=1S/C16H14FN5OS/c17-11-9-19-14(21-15(11)22-5-7-23-8-6-22)13-10-24-16(20-13)12-3-1-2-4-18-12/h1-4,9-10H,5-8H2. The third-order valence-electron chi connectivity index (χ3n) is 3.65. The number of ether oxygens (including phenoxy) is 1. The zero-order chi connectivity index (χ0) is 16.4. The summed E-state index contributed by atoms with van der Waals surface area (Å²) in [6, 6.07) is 5.66. The first-order valence-electron chi connectivity index (χ1n) is 7.54. The van der Waals surface area contributed by atoms with Crippen molar-refractivity contribution in [3.05, 3.63) is 41.8 Å². The normalized spacial score (nSPS) is 14.8. The highest BCUT2D eigenvalue weighted by molar-refractivity contribution is 7.13. The molecule has 3 aromatic heterocycles. The summed E-state index contributed by atoms with van der Waals surface area (Å²) in [4.78, 5) is 19.2. The van der Waals surface area contributed by atoms with E-state index >= 15 is 0 Å². The maximum atomic E-state index is 14.1. The van der Waals surface area contributed by atoms with E-state index in [1.165, 1.54) is 17.5 Å². The van der Waals surface area contributed by atoms with Gasteiger partial charge in [0.05, 0.1) is 25.1 Å². The molecule has 0 aliphatic carbocycles.